The lowest BCUT2D eigenvalue weighted by Gasteiger charge is -2.24. The van der Waals surface area contributed by atoms with Crippen molar-refractivity contribution < 1.29 is 19.1 Å². The maximum Gasteiger partial charge on any atom is 0.328 e. The monoisotopic (exact) mass is 344 g/mol. The highest BCUT2D eigenvalue weighted by Gasteiger charge is 2.30. The highest BCUT2D eigenvalue weighted by atomic mass is 16.5. The minimum absolute atomic E-state index is 0.271. The number of esters is 1. The van der Waals surface area contributed by atoms with Crippen molar-refractivity contribution in [3.63, 3.8) is 0 Å². The first-order valence-electron chi connectivity index (χ1n) is 8.15. The number of hydrogen-bond acceptors (Lipinski definition) is 4. The summed E-state index contributed by atoms with van der Waals surface area (Å²) in [5.74, 6) is -1.22. The molecule has 0 fully saturated rings. The van der Waals surface area contributed by atoms with Crippen LogP contribution in [0.2, 0.25) is 0 Å². The van der Waals surface area contributed by atoms with Gasteiger partial charge in [0.2, 0.25) is 5.91 Å². The Kier molecular flexibility index (Phi) is 6.77. The summed E-state index contributed by atoms with van der Waals surface area (Å²) in [4.78, 5) is 27.8. The summed E-state index contributed by atoms with van der Waals surface area (Å²) in [5, 5.41) is 2.79. The lowest BCUT2D eigenvalue weighted by atomic mass is 9.99. The fourth-order valence-corrected chi connectivity index (χ4v) is 2.75. The van der Waals surface area contributed by atoms with Crippen molar-refractivity contribution in [2.75, 3.05) is 14.2 Å². The Bertz CT molecular complexity index is 670. The Balaban J connectivity index is 2.08. The van der Waals surface area contributed by atoms with Crippen molar-refractivity contribution >= 4 is 11.9 Å². The van der Waals surface area contributed by atoms with Gasteiger partial charge in [0.1, 0.15) is 12.1 Å². The average Bonchev–Trinajstić information content (AvgIpc) is 3.16. The van der Waals surface area contributed by atoms with Crippen LogP contribution in [-0.4, -0.2) is 37.1 Å². The molecule has 0 spiro atoms. The third-order valence-corrected chi connectivity index (χ3v) is 4.13. The van der Waals surface area contributed by atoms with E-state index >= 15 is 0 Å². The number of carbonyl (C=O) groups is 2. The third kappa shape index (κ3) is 4.93. The highest BCUT2D eigenvalue weighted by Crippen LogP contribution is 2.24. The second-order valence-corrected chi connectivity index (χ2v) is 5.84. The molecule has 1 amide bonds. The minimum atomic E-state index is -0.747. The number of benzene rings is 1. The zero-order chi connectivity index (χ0) is 18.2. The SMILES string of the molecule is COC(=O)[C@H](Cc1ccccc1)NC(=O)[C@H](C)[C@@H](OC)c1ccc[nH]1. The van der Waals surface area contributed by atoms with E-state index in [1.54, 1.807) is 20.2 Å². The van der Waals surface area contributed by atoms with Gasteiger partial charge in [0, 0.05) is 25.4 Å². The maximum atomic E-state index is 12.6. The number of ether oxygens (including phenoxy) is 2. The highest BCUT2D eigenvalue weighted by molar-refractivity contribution is 5.86. The smallest absolute Gasteiger partial charge is 0.328 e. The summed E-state index contributed by atoms with van der Waals surface area (Å²) < 4.78 is 10.3. The number of aromatic amines is 1. The van der Waals surface area contributed by atoms with Crippen LogP contribution in [0.3, 0.4) is 0 Å². The quantitative estimate of drug-likeness (QED) is 0.720. The second kappa shape index (κ2) is 9.03. The Morgan fingerprint density at radius 1 is 1.12 bits per heavy atom. The molecule has 0 aliphatic rings. The molecule has 134 valence electrons. The summed E-state index contributed by atoms with van der Waals surface area (Å²) >= 11 is 0. The van der Waals surface area contributed by atoms with E-state index in [-0.39, 0.29) is 5.91 Å². The predicted molar refractivity (Wildman–Crippen MR) is 93.8 cm³/mol. The fourth-order valence-electron chi connectivity index (χ4n) is 2.75. The molecular weight excluding hydrogens is 320 g/mol. The van der Waals surface area contributed by atoms with Gasteiger partial charge in [-0.05, 0) is 17.7 Å². The molecule has 0 bridgehead atoms. The molecule has 1 heterocycles. The van der Waals surface area contributed by atoms with E-state index < -0.39 is 24.0 Å². The second-order valence-electron chi connectivity index (χ2n) is 5.84. The molecule has 0 saturated carbocycles. The number of hydrogen-bond donors (Lipinski definition) is 2. The Morgan fingerprint density at radius 2 is 1.84 bits per heavy atom. The van der Waals surface area contributed by atoms with Crippen molar-refractivity contribution in [3.05, 3.63) is 59.9 Å². The molecule has 0 aliphatic heterocycles. The van der Waals surface area contributed by atoms with E-state index in [1.807, 2.05) is 42.5 Å². The Hall–Kier alpha value is -2.60. The number of methoxy groups -OCH3 is 2. The van der Waals surface area contributed by atoms with Crippen molar-refractivity contribution in [1.82, 2.24) is 10.3 Å². The summed E-state index contributed by atoms with van der Waals surface area (Å²) in [6.45, 7) is 1.77. The summed E-state index contributed by atoms with van der Waals surface area (Å²) in [5.41, 5.74) is 1.75. The molecule has 6 heteroatoms. The zero-order valence-electron chi connectivity index (χ0n) is 14.7. The van der Waals surface area contributed by atoms with Gasteiger partial charge in [-0.25, -0.2) is 4.79 Å². The topological polar surface area (TPSA) is 80.4 Å². The molecule has 2 rings (SSSR count). The Morgan fingerprint density at radius 3 is 2.40 bits per heavy atom. The molecule has 0 unspecified atom stereocenters. The third-order valence-electron chi connectivity index (χ3n) is 4.13. The molecule has 1 aromatic heterocycles. The van der Waals surface area contributed by atoms with Crippen molar-refractivity contribution in [2.45, 2.75) is 25.5 Å². The van der Waals surface area contributed by atoms with E-state index in [1.165, 1.54) is 7.11 Å². The van der Waals surface area contributed by atoms with Gasteiger partial charge in [-0.2, -0.15) is 0 Å². The summed E-state index contributed by atoms with van der Waals surface area (Å²) in [6, 6.07) is 12.4. The van der Waals surface area contributed by atoms with Crippen LogP contribution < -0.4 is 5.32 Å². The first-order chi connectivity index (χ1) is 12.1. The van der Waals surface area contributed by atoms with E-state index in [2.05, 4.69) is 10.3 Å². The van der Waals surface area contributed by atoms with E-state index in [9.17, 15) is 9.59 Å². The van der Waals surface area contributed by atoms with Gasteiger partial charge in [-0.15, -0.1) is 0 Å². The molecule has 0 aliphatic carbocycles. The van der Waals surface area contributed by atoms with Gasteiger partial charge >= 0.3 is 5.97 Å². The van der Waals surface area contributed by atoms with Crippen LogP contribution in [0.15, 0.2) is 48.7 Å². The van der Waals surface area contributed by atoms with Crippen LogP contribution >= 0.6 is 0 Å². The maximum absolute atomic E-state index is 12.6. The number of amides is 1. The van der Waals surface area contributed by atoms with Gasteiger partial charge in [0.15, 0.2) is 0 Å². The molecule has 3 atom stereocenters. The van der Waals surface area contributed by atoms with Crippen LogP contribution in [-0.2, 0) is 25.5 Å². The van der Waals surface area contributed by atoms with Gasteiger partial charge in [-0.3, -0.25) is 4.79 Å². The lowest BCUT2D eigenvalue weighted by Crippen LogP contribution is -2.46. The normalized spacial score (nSPS) is 14.4. The predicted octanol–water partition coefficient (Wildman–Crippen LogP) is 2.24. The first-order valence-corrected chi connectivity index (χ1v) is 8.15. The van der Waals surface area contributed by atoms with Crippen molar-refractivity contribution in [1.29, 1.82) is 0 Å². The summed E-state index contributed by atoms with van der Waals surface area (Å²) in [7, 11) is 2.86. The molecule has 2 aromatic rings. The number of nitrogens with one attached hydrogen (secondary N) is 2. The van der Waals surface area contributed by atoms with Crippen LogP contribution in [0.5, 0.6) is 0 Å². The number of carbonyl (C=O) groups excluding carboxylic acids is 2. The van der Waals surface area contributed by atoms with Crippen LogP contribution in [0.4, 0.5) is 0 Å². The molecule has 0 radical (unpaired) electrons. The minimum Gasteiger partial charge on any atom is -0.467 e. The standard InChI is InChI=1S/C19H24N2O4/c1-13(17(24-2)15-10-7-11-20-15)18(22)21-16(19(23)25-3)12-14-8-5-4-6-9-14/h4-11,13,16-17,20H,12H2,1-3H3,(H,21,22)/t13-,16+,17-/m1/s1. The van der Waals surface area contributed by atoms with Crippen LogP contribution in [0.1, 0.15) is 24.3 Å². The van der Waals surface area contributed by atoms with Crippen molar-refractivity contribution in [2.24, 2.45) is 5.92 Å². The van der Waals surface area contributed by atoms with Gasteiger partial charge in [0.25, 0.3) is 0 Å². The van der Waals surface area contributed by atoms with Crippen LogP contribution in [0.25, 0.3) is 0 Å². The largest absolute Gasteiger partial charge is 0.467 e. The van der Waals surface area contributed by atoms with E-state index in [0.717, 1.165) is 11.3 Å². The van der Waals surface area contributed by atoms with E-state index in [0.29, 0.717) is 6.42 Å². The number of aromatic nitrogens is 1. The van der Waals surface area contributed by atoms with Gasteiger partial charge in [0.05, 0.1) is 13.0 Å². The van der Waals surface area contributed by atoms with Crippen LogP contribution in [0, 0.1) is 5.92 Å². The molecule has 0 saturated heterocycles. The zero-order valence-corrected chi connectivity index (χ0v) is 14.7. The average molecular weight is 344 g/mol. The molecule has 1 aromatic carbocycles. The first kappa shape index (κ1) is 18.7. The fraction of sp³-hybridized carbons (Fsp3) is 0.368. The van der Waals surface area contributed by atoms with E-state index in [4.69, 9.17) is 9.47 Å². The Labute approximate surface area is 147 Å². The van der Waals surface area contributed by atoms with Gasteiger partial charge in [-0.1, -0.05) is 37.3 Å². The number of H-pyrrole nitrogens is 1. The van der Waals surface area contributed by atoms with Crippen molar-refractivity contribution in [3.8, 4) is 0 Å². The summed E-state index contributed by atoms with van der Waals surface area (Å²) in [6.07, 6.45) is 1.72. The molecule has 2 N–H and O–H groups in total. The molecule has 25 heavy (non-hydrogen) atoms. The lowest BCUT2D eigenvalue weighted by molar-refractivity contribution is -0.146. The molecular formula is C19H24N2O4. The number of rotatable bonds is 8. The molecule has 6 nitrogen and oxygen atoms in total. The van der Waals surface area contributed by atoms with Gasteiger partial charge < -0.3 is 19.8 Å².